The molecule has 0 radical (unpaired) electrons. The molecule has 11 nitrogen and oxygen atoms in total. The van der Waals surface area contributed by atoms with Crippen LogP contribution in [0.5, 0.6) is 17.2 Å². The molecule has 11 heteroatoms. The van der Waals surface area contributed by atoms with Crippen LogP contribution in [0.15, 0.2) is 96.0 Å². The van der Waals surface area contributed by atoms with Crippen molar-refractivity contribution >= 4 is 34.9 Å². The molecule has 0 bridgehead atoms. The van der Waals surface area contributed by atoms with Crippen LogP contribution in [0.3, 0.4) is 0 Å². The van der Waals surface area contributed by atoms with Gasteiger partial charge >= 0.3 is 0 Å². The third-order valence-corrected chi connectivity index (χ3v) is 7.17. The lowest BCUT2D eigenvalue weighted by Gasteiger charge is -2.19. The third kappa shape index (κ3) is 11.4. The molecular formula is C38H47N7O4. The number of guanidine groups is 1. The number of aldehydes is 1. The van der Waals surface area contributed by atoms with E-state index in [0.29, 0.717) is 22.7 Å². The number of carbonyl (C=O) groups is 2. The molecule has 5 aromatic rings. The molecular weight excluding hydrogens is 618 g/mol. The molecule has 49 heavy (non-hydrogen) atoms. The largest absolute Gasteiger partial charge is 0.497 e. The SMILES string of the molecule is CC(C)(C)c1ccc(Oc2cccc(-c3nc4cc(C=O)ccc4n3CC(N)=O)c2)cc1.CCCN=C(N)N.CNc1ccc(OC)cc1. The number of aliphatic imine (C=N–C) groups is 1. The minimum atomic E-state index is -0.476. The number of nitrogens with zero attached hydrogens (tertiary/aromatic N) is 3. The third-order valence-electron chi connectivity index (χ3n) is 7.17. The zero-order chi connectivity index (χ0) is 36.0. The maximum Gasteiger partial charge on any atom is 0.237 e. The van der Waals surface area contributed by atoms with Gasteiger partial charge in [-0.15, -0.1) is 0 Å². The first-order valence-electron chi connectivity index (χ1n) is 15.9. The van der Waals surface area contributed by atoms with Crippen LogP contribution >= 0.6 is 0 Å². The zero-order valence-corrected chi connectivity index (χ0v) is 29.1. The summed E-state index contributed by atoms with van der Waals surface area (Å²) >= 11 is 0. The van der Waals surface area contributed by atoms with Crippen LogP contribution in [0.2, 0.25) is 0 Å². The zero-order valence-electron chi connectivity index (χ0n) is 29.1. The number of nitrogens with one attached hydrogen (secondary N) is 1. The van der Waals surface area contributed by atoms with E-state index in [2.05, 4.69) is 48.2 Å². The second-order valence-corrected chi connectivity index (χ2v) is 12.0. The van der Waals surface area contributed by atoms with Crippen molar-refractivity contribution in [1.29, 1.82) is 0 Å². The van der Waals surface area contributed by atoms with Crippen molar-refractivity contribution in [2.75, 3.05) is 26.0 Å². The van der Waals surface area contributed by atoms with Crippen LogP contribution in [-0.4, -0.2) is 48.4 Å². The Kier molecular flexibility index (Phi) is 13.7. The van der Waals surface area contributed by atoms with Crippen molar-refractivity contribution in [2.24, 2.45) is 22.2 Å². The van der Waals surface area contributed by atoms with Gasteiger partial charge in [-0.05, 0) is 84.1 Å². The van der Waals surface area contributed by atoms with Crippen molar-refractivity contribution in [3.63, 3.8) is 0 Å². The number of hydrogen-bond donors (Lipinski definition) is 4. The molecule has 0 aliphatic carbocycles. The number of amides is 1. The number of hydrogen-bond acceptors (Lipinski definition) is 7. The van der Waals surface area contributed by atoms with Gasteiger partial charge in [-0.2, -0.15) is 0 Å². The average molecular weight is 666 g/mol. The van der Waals surface area contributed by atoms with Gasteiger partial charge in [-0.3, -0.25) is 14.6 Å². The van der Waals surface area contributed by atoms with E-state index in [1.54, 1.807) is 29.9 Å². The molecule has 0 atom stereocenters. The number of nitrogens with two attached hydrogens (primary N) is 3. The summed E-state index contributed by atoms with van der Waals surface area (Å²) in [7, 11) is 3.55. The van der Waals surface area contributed by atoms with Gasteiger partial charge in [0.25, 0.3) is 0 Å². The second-order valence-electron chi connectivity index (χ2n) is 12.0. The number of primary amides is 1. The van der Waals surface area contributed by atoms with Crippen molar-refractivity contribution in [3.05, 3.63) is 102 Å². The Morgan fingerprint density at radius 2 is 1.59 bits per heavy atom. The molecule has 0 aliphatic rings. The molecule has 0 saturated heterocycles. The van der Waals surface area contributed by atoms with E-state index >= 15 is 0 Å². The first-order chi connectivity index (χ1) is 23.4. The highest BCUT2D eigenvalue weighted by Crippen LogP contribution is 2.31. The lowest BCUT2D eigenvalue weighted by Crippen LogP contribution is -2.22. The molecule has 0 aliphatic heterocycles. The Morgan fingerprint density at radius 1 is 0.918 bits per heavy atom. The Hall–Kier alpha value is -5.84. The van der Waals surface area contributed by atoms with E-state index in [-0.39, 0.29) is 17.9 Å². The summed E-state index contributed by atoms with van der Waals surface area (Å²) in [6.45, 7) is 9.24. The minimum Gasteiger partial charge on any atom is -0.497 e. The topological polar surface area (TPSA) is 173 Å². The number of fused-ring (bicyclic) bond motifs is 1. The molecule has 5 rings (SSSR count). The van der Waals surface area contributed by atoms with Crippen molar-refractivity contribution in [1.82, 2.24) is 9.55 Å². The van der Waals surface area contributed by atoms with Gasteiger partial charge in [0.2, 0.25) is 5.91 Å². The fourth-order valence-electron chi connectivity index (χ4n) is 4.61. The summed E-state index contributed by atoms with van der Waals surface area (Å²) in [5.41, 5.74) is 20.5. The molecule has 1 aromatic heterocycles. The molecule has 4 aromatic carbocycles. The fraction of sp³-hybridized carbons (Fsp3) is 0.263. The highest BCUT2D eigenvalue weighted by atomic mass is 16.5. The summed E-state index contributed by atoms with van der Waals surface area (Å²) in [5, 5.41) is 3.02. The van der Waals surface area contributed by atoms with Gasteiger partial charge in [0.1, 0.15) is 35.9 Å². The highest BCUT2D eigenvalue weighted by molar-refractivity contribution is 5.88. The van der Waals surface area contributed by atoms with Crippen molar-refractivity contribution in [3.8, 4) is 28.6 Å². The summed E-state index contributed by atoms with van der Waals surface area (Å²) in [6.07, 6.45) is 1.77. The predicted molar refractivity (Wildman–Crippen MR) is 198 cm³/mol. The van der Waals surface area contributed by atoms with Crippen LogP contribution in [0.4, 0.5) is 5.69 Å². The maximum atomic E-state index is 11.7. The van der Waals surface area contributed by atoms with Gasteiger partial charge in [-0.25, -0.2) is 4.98 Å². The van der Waals surface area contributed by atoms with E-state index in [1.807, 2.05) is 74.6 Å². The van der Waals surface area contributed by atoms with Gasteiger partial charge < -0.3 is 36.6 Å². The Labute approximate surface area is 288 Å². The molecule has 7 N–H and O–H groups in total. The predicted octanol–water partition coefficient (Wildman–Crippen LogP) is 6.50. The number of imidazole rings is 1. The number of anilines is 1. The molecule has 0 fully saturated rings. The van der Waals surface area contributed by atoms with Crippen LogP contribution < -0.4 is 32.0 Å². The van der Waals surface area contributed by atoms with Crippen LogP contribution in [0.1, 0.15) is 50.0 Å². The number of benzene rings is 4. The summed E-state index contributed by atoms with van der Waals surface area (Å²) in [6, 6.07) is 28.5. The van der Waals surface area contributed by atoms with E-state index < -0.39 is 5.91 Å². The number of rotatable bonds is 10. The second kappa shape index (κ2) is 17.9. The van der Waals surface area contributed by atoms with Gasteiger partial charge in [-0.1, -0.05) is 52.0 Å². The molecule has 0 spiro atoms. The number of methoxy groups -OCH3 is 1. The summed E-state index contributed by atoms with van der Waals surface area (Å²) in [5.74, 6) is 2.56. The Balaban J connectivity index is 0.000000313. The summed E-state index contributed by atoms with van der Waals surface area (Å²) < 4.78 is 12.8. The Morgan fingerprint density at radius 3 is 2.12 bits per heavy atom. The first-order valence-corrected chi connectivity index (χ1v) is 15.9. The summed E-state index contributed by atoms with van der Waals surface area (Å²) in [4.78, 5) is 31.3. The van der Waals surface area contributed by atoms with Crippen LogP contribution in [-0.2, 0) is 16.8 Å². The average Bonchev–Trinajstić information content (AvgIpc) is 3.44. The van der Waals surface area contributed by atoms with E-state index in [9.17, 15) is 9.59 Å². The fourth-order valence-corrected chi connectivity index (χ4v) is 4.61. The van der Waals surface area contributed by atoms with E-state index in [4.69, 9.17) is 26.7 Å². The van der Waals surface area contributed by atoms with E-state index in [1.165, 1.54) is 5.56 Å². The van der Waals surface area contributed by atoms with Crippen molar-refractivity contribution in [2.45, 2.75) is 46.1 Å². The first kappa shape index (κ1) is 37.6. The quantitative estimate of drug-likeness (QED) is 0.0743. The lowest BCUT2D eigenvalue weighted by atomic mass is 9.87. The molecule has 1 heterocycles. The minimum absolute atomic E-state index is 0.0222. The molecule has 0 saturated carbocycles. The number of aromatic nitrogens is 2. The van der Waals surface area contributed by atoms with Crippen molar-refractivity contribution < 1.29 is 19.1 Å². The highest BCUT2D eigenvalue weighted by Gasteiger charge is 2.16. The standard InChI is InChI=1S/C26H25N3O3.C8H11NO.C4H11N3/c1-26(2,3)19-8-10-20(11-9-19)32-21-6-4-5-18(14-21)25-28-22-13-17(16-30)7-12-23(22)29(25)15-24(27)31;1-9-7-3-5-8(10-2)6-4-7;1-2-3-7-4(5)6/h4-14,16H,15H2,1-3H3,(H2,27,31);3-6,9H,1-2H3;2-3H2,1H3,(H4,5,6,7). The molecule has 1 amide bonds. The smallest absolute Gasteiger partial charge is 0.237 e. The lowest BCUT2D eigenvalue weighted by molar-refractivity contribution is -0.118. The number of ether oxygens (including phenoxy) is 2. The van der Waals surface area contributed by atoms with E-state index in [0.717, 1.165) is 47.5 Å². The Bertz CT molecular complexity index is 1810. The van der Waals surface area contributed by atoms with Gasteiger partial charge in [0.05, 0.1) is 18.1 Å². The van der Waals surface area contributed by atoms with Gasteiger partial charge in [0, 0.05) is 30.4 Å². The normalized spacial score (nSPS) is 10.5. The maximum absolute atomic E-state index is 11.7. The molecule has 258 valence electrons. The van der Waals surface area contributed by atoms with Crippen LogP contribution in [0, 0.1) is 0 Å². The molecule has 0 unspecified atom stereocenters. The number of carbonyl (C=O) groups excluding carboxylic acids is 2. The van der Waals surface area contributed by atoms with Crippen LogP contribution in [0.25, 0.3) is 22.4 Å². The van der Waals surface area contributed by atoms with Gasteiger partial charge in [0.15, 0.2) is 5.96 Å². The monoisotopic (exact) mass is 665 g/mol.